The standard InChI is InChI=1S/C7H13F2NO/c8-7(9)2-5-1-6(3-10)11-4-5/h5-7H,1-4,10H2. The molecular formula is C7H13F2NO. The third-order valence-corrected chi connectivity index (χ3v) is 1.94. The minimum atomic E-state index is -2.21. The Morgan fingerprint density at radius 1 is 1.55 bits per heavy atom. The predicted octanol–water partition coefficient (Wildman–Crippen LogP) is 1.01. The molecule has 1 aliphatic heterocycles. The summed E-state index contributed by atoms with van der Waals surface area (Å²) < 4.78 is 28.8. The maximum Gasteiger partial charge on any atom is 0.239 e. The minimum Gasteiger partial charge on any atom is -0.377 e. The van der Waals surface area contributed by atoms with Crippen LogP contribution in [-0.2, 0) is 4.74 Å². The Balaban J connectivity index is 2.19. The normalized spacial score (nSPS) is 31.6. The van der Waals surface area contributed by atoms with Crippen LogP contribution in [-0.4, -0.2) is 25.7 Å². The second-order valence-electron chi connectivity index (χ2n) is 2.92. The number of rotatable bonds is 3. The summed E-state index contributed by atoms with van der Waals surface area (Å²) >= 11 is 0. The highest BCUT2D eigenvalue weighted by Gasteiger charge is 2.26. The number of ether oxygens (including phenoxy) is 1. The summed E-state index contributed by atoms with van der Waals surface area (Å²) in [6.45, 7) is 0.895. The first-order valence-electron chi connectivity index (χ1n) is 3.82. The lowest BCUT2D eigenvalue weighted by atomic mass is 10.0. The highest BCUT2D eigenvalue weighted by atomic mass is 19.3. The number of halogens is 2. The molecule has 11 heavy (non-hydrogen) atoms. The largest absolute Gasteiger partial charge is 0.377 e. The molecule has 2 nitrogen and oxygen atoms in total. The summed E-state index contributed by atoms with van der Waals surface area (Å²) in [7, 11) is 0. The summed E-state index contributed by atoms with van der Waals surface area (Å²) in [6.07, 6.45) is -1.55. The quantitative estimate of drug-likeness (QED) is 0.677. The van der Waals surface area contributed by atoms with E-state index in [9.17, 15) is 8.78 Å². The minimum absolute atomic E-state index is 0.0127. The fourth-order valence-corrected chi connectivity index (χ4v) is 1.36. The number of hydrogen-bond acceptors (Lipinski definition) is 2. The molecule has 0 aliphatic carbocycles. The molecule has 0 aromatic carbocycles. The van der Waals surface area contributed by atoms with Crippen molar-refractivity contribution in [2.75, 3.05) is 13.2 Å². The predicted molar refractivity (Wildman–Crippen MR) is 37.5 cm³/mol. The molecule has 1 rings (SSSR count). The average molecular weight is 165 g/mol. The van der Waals surface area contributed by atoms with Crippen LogP contribution < -0.4 is 5.73 Å². The van der Waals surface area contributed by atoms with Gasteiger partial charge in [-0.15, -0.1) is 0 Å². The molecule has 4 heteroatoms. The van der Waals surface area contributed by atoms with E-state index >= 15 is 0 Å². The van der Waals surface area contributed by atoms with Crippen LogP contribution in [0.4, 0.5) is 8.78 Å². The van der Waals surface area contributed by atoms with Crippen molar-refractivity contribution in [2.45, 2.75) is 25.4 Å². The van der Waals surface area contributed by atoms with Gasteiger partial charge in [0, 0.05) is 13.0 Å². The fourth-order valence-electron chi connectivity index (χ4n) is 1.36. The molecule has 2 unspecified atom stereocenters. The molecule has 0 spiro atoms. The third kappa shape index (κ3) is 2.71. The third-order valence-electron chi connectivity index (χ3n) is 1.94. The fraction of sp³-hybridized carbons (Fsp3) is 1.00. The number of hydrogen-bond donors (Lipinski definition) is 1. The van der Waals surface area contributed by atoms with Gasteiger partial charge < -0.3 is 10.5 Å². The summed E-state index contributed by atoms with van der Waals surface area (Å²) in [6, 6.07) is 0. The van der Waals surface area contributed by atoms with E-state index in [0.717, 1.165) is 0 Å². The van der Waals surface area contributed by atoms with E-state index in [0.29, 0.717) is 19.6 Å². The van der Waals surface area contributed by atoms with Crippen LogP contribution in [0.1, 0.15) is 12.8 Å². The van der Waals surface area contributed by atoms with Crippen molar-refractivity contribution in [3.63, 3.8) is 0 Å². The van der Waals surface area contributed by atoms with E-state index in [2.05, 4.69) is 0 Å². The molecule has 2 atom stereocenters. The Morgan fingerprint density at radius 2 is 2.27 bits per heavy atom. The second kappa shape index (κ2) is 3.97. The van der Waals surface area contributed by atoms with Crippen LogP contribution in [0.5, 0.6) is 0 Å². The Labute approximate surface area is 64.7 Å². The Morgan fingerprint density at radius 3 is 2.73 bits per heavy atom. The van der Waals surface area contributed by atoms with Gasteiger partial charge in [0.2, 0.25) is 6.43 Å². The lowest BCUT2D eigenvalue weighted by Crippen LogP contribution is -2.18. The SMILES string of the molecule is NCC1CC(CC(F)F)CO1. The van der Waals surface area contributed by atoms with Crippen molar-refractivity contribution >= 4 is 0 Å². The molecular weight excluding hydrogens is 152 g/mol. The van der Waals surface area contributed by atoms with Crippen molar-refractivity contribution in [1.29, 1.82) is 0 Å². The molecule has 0 aromatic rings. The topological polar surface area (TPSA) is 35.2 Å². The monoisotopic (exact) mass is 165 g/mol. The van der Waals surface area contributed by atoms with Crippen LogP contribution >= 0.6 is 0 Å². The van der Waals surface area contributed by atoms with E-state index in [1.165, 1.54) is 0 Å². The van der Waals surface area contributed by atoms with Crippen LogP contribution in [0.15, 0.2) is 0 Å². The molecule has 1 saturated heterocycles. The number of alkyl halides is 2. The summed E-state index contributed by atoms with van der Waals surface area (Å²) in [4.78, 5) is 0. The summed E-state index contributed by atoms with van der Waals surface area (Å²) in [5.74, 6) is 0.0172. The van der Waals surface area contributed by atoms with Crippen LogP contribution in [0, 0.1) is 5.92 Å². The Kier molecular flexibility index (Phi) is 3.20. The van der Waals surface area contributed by atoms with E-state index < -0.39 is 6.43 Å². The molecule has 0 aromatic heterocycles. The van der Waals surface area contributed by atoms with Crippen LogP contribution in [0.2, 0.25) is 0 Å². The van der Waals surface area contributed by atoms with Gasteiger partial charge in [-0.3, -0.25) is 0 Å². The van der Waals surface area contributed by atoms with Gasteiger partial charge >= 0.3 is 0 Å². The van der Waals surface area contributed by atoms with Crippen molar-refractivity contribution < 1.29 is 13.5 Å². The Hall–Kier alpha value is -0.220. The molecule has 2 N–H and O–H groups in total. The first-order valence-corrected chi connectivity index (χ1v) is 3.82. The zero-order chi connectivity index (χ0) is 8.27. The van der Waals surface area contributed by atoms with Gasteiger partial charge in [-0.1, -0.05) is 0 Å². The van der Waals surface area contributed by atoms with Crippen molar-refractivity contribution in [2.24, 2.45) is 11.7 Å². The molecule has 1 fully saturated rings. The average Bonchev–Trinajstić information content (AvgIpc) is 2.34. The van der Waals surface area contributed by atoms with Gasteiger partial charge in [0.25, 0.3) is 0 Å². The van der Waals surface area contributed by atoms with Crippen LogP contribution in [0.3, 0.4) is 0 Å². The van der Waals surface area contributed by atoms with E-state index in [4.69, 9.17) is 10.5 Å². The first kappa shape index (κ1) is 8.87. The van der Waals surface area contributed by atoms with Gasteiger partial charge in [-0.2, -0.15) is 0 Å². The smallest absolute Gasteiger partial charge is 0.239 e. The molecule has 1 heterocycles. The van der Waals surface area contributed by atoms with Crippen molar-refractivity contribution in [1.82, 2.24) is 0 Å². The van der Waals surface area contributed by atoms with Gasteiger partial charge in [0.15, 0.2) is 0 Å². The zero-order valence-corrected chi connectivity index (χ0v) is 6.30. The zero-order valence-electron chi connectivity index (χ0n) is 6.30. The lowest BCUT2D eigenvalue weighted by Gasteiger charge is -2.05. The van der Waals surface area contributed by atoms with Gasteiger partial charge in [-0.25, -0.2) is 8.78 Å². The van der Waals surface area contributed by atoms with Crippen molar-refractivity contribution in [3.05, 3.63) is 0 Å². The van der Waals surface area contributed by atoms with Crippen LogP contribution in [0.25, 0.3) is 0 Å². The van der Waals surface area contributed by atoms with Gasteiger partial charge in [0.05, 0.1) is 12.7 Å². The van der Waals surface area contributed by atoms with E-state index in [1.807, 2.05) is 0 Å². The molecule has 0 bridgehead atoms. The van der Waals surface area contributed by atoms with Gasteiger partial charge in [0.1, 0.15) is 0 Å². The first-order chi connectivity index (χ1) is 5.22. The van der Waals surface area contributed by atoms with E-state index in [-0.39, 0.29) is 18.4 Å². The second-order valence-corrected chi connectivity index (χ2v) is 2.92. The summed E-state index contributed by atoms with van der Waals surface area (Å²) in [5, 5.41) is 0. The van der Waals surface area contributed by atoms with E-state index in [1.54, 1.807) is 0 Å². The molecule has 0 radical (unpaired) electrons. The van der Waals surface area contributed by atoms with Gasteiger partial charge in [-0.05, 0) is 12.3 Å². The lowest BCUT2D eigenvalue weighted by molar-refractivity contribution is 0.0919. The molecule has 1 aliphatic rings. The molecule has 66 valence electrons. The maximum absolute atomic E-state index is 11.8. The Bertz CT molecular complexity index is 121. The highest BCUT2D eigenvalue weighted by Crippen LogP contribution is 2.24. The molecule has 0 amide bonds. The highest BCUT2D eigenvalue weighted by molar-refractivity contribution is 4.74. The maximum atomic E-state index is 11.8. The van der Waals surface area contributed by atoms with Crippen molar-refractivity contribution in [3.8, 4) is 0 Å². The summed E-state index contributed by atoms with van der Waals surface area (Å²) in [5.41, 5.74) is 5.31. The number of nitrogens with two attached hydrogens (primary N) is 1. The molecule has 0 saturated carbocycles.